The van der Waals surface area contributed by atoms with Crippen LogP contribution in [0.25, 0.3) is 9.88 Å². The summed E-state index contributed by atoms with van der Waals surface area (Å²) in [4.78, 5) is 31.1. The molecule has 1 N–H and O–H groups in total. The molecule has 2 aromatic heterocycles. The summed E-state index contributed by atoms with van der Waals surface area (Å²) in [7, 11) is 0. The van der Waals surface area contributed by atoms with Crippen molar-refractivity contribution in [1.29, 1.82) is 0 Å². The maximum atomic E-state index is 12.5. The smallest absolute Gasteiger partial charge is 0.326 e. The third-order valence-electron chi connectivity index (χ3n) is 3.50. The fourth-order valence-electron chi connectivity index (χ4n) is 2.46. The molecule has 1 aliphatic heterocycles. The van der Waals surface area contributed by atoms with Crippen molar-refractivity contribution in [3.8, 4) is 9.88 Å². The average molecular weight is 322 g/mol. The summed E-state index contributed by atoms with van der Waals surface area (Å²) in [6.07, 6.45) is 3.78. The number of amides is 1. The second-order valence-electron chi connectivity index (χ2n) is 4.86. The van der Waals surface area contributed by atoms with Gasteiger partial charge in [0.15, 0.2) is 0 Å². The summed E-state index contributed by atoms with van der Waals surface area (Å²) in [6.45, 7) is 0.502. The van der Waals surface area contributed by atoms with E-state index in [0.717, 1.165) is 22.7 Å². The molecule has 0 bridgehead atoms. The topological polar surface area (TPSA) is 70.5 Å². The van der Waals surface area contributed by atoms with Crippen molar-refractivity contribution in [2.75, 3.05) is 6.54 Å². The zero-order chi connectivity index (χ0) is 14.8. The standard InChI is InChI=1S/C14H14N2O3S2/c17-13(16-6-2-1-4-9(16)14(18)19)11-8-15-12(21-11)10-5-3-7-20-10/h3,5,7-9H,1-2,4,6H2,(H,18,19)/t9-/m0/s1. The molecule has 1 fully saturated rings. The summed E-state index contributed by atoms with van der Waals surface area (Å²) >= 11 is 2.89. The molecule has 0 aliphatic carbocycles. The van der Waals surface area contributed by atoms with Gasteiger partial charge in [0.2, 0.25) is 0 Å². The number of hydrogen-bond acceptors (Lipinski definition) is 5. The third kappa shape index (κ3) is 2.84. The molecule has 0 spiro atoms. The van der Waals surface area contributed by atoms with E-state index in [1.165, 1.54) is 16.2 Å². The number of thiophene rings is 1. The van der Waals surface area contributed by atoms with Crippen LogP contribution in [0.3, 0.4) is 0 Å². The van der Waals surface area contributed by atoms with Gasteiger partial charge in [-0.15, -0.1) is 22.7 Å². The van der Waals surface area contributed by atoms with Gasteiger partial charge in [-0.1, -0.05) is 6.07 Å². The maximum absolute atomic E-state index is 12.5. The first-order chi connectivity index (χ1) is 10.2. The molecule has 1 aliphatic rings. The minimum absolute atomic E-state index is 0.220. The Morgan fingerprint density at radius 1 is 1.38 bits per heavy atom. The molecule has 7 heteroatoms. The van der Waals surface area contributed by atoms with E-state index in [2.05, 4.69) is 4.98 Å². The van der Waals surface area contributed by atoms with E-state index < -0.39 is 12.0 Å². The predicted molar refractivity (Wildman–Crippen MR) is 81.7 cm³/mol. The van der Waals surface area contributed by atoms with Crippen LogP contribution in [0.2, 0.25) is 0 Å². The number of nitrogens with zero attached hydrogens (tertiary/aromatic N) is 2. The van der Waals surface area contributed by atoms with Crippen LogP contribution in [-0.4, -0.2) is 39.5 Å². The van der Waals surface area contributed by atoms with Crippen LogP contribution in [-0.2, 0) is 4.79 Å². The lowest BCUT2D eigenvalue weighted by molar-refractivity contribution is -0.143. The van der Waals surface area contributed by atoms with Crippen molar-refractivity contribution in [1.82, 2.24) is 9.88 Å². The van der Waals surface area contributed by atoms with Crippen molar-refractivity contribution in [3.63, 3.8) is 0 Å². The van der Waals surface area contributed by atoms with Gasteiger partial charge in [0, 0.05) is 6.54 Å². The number of rotatable bonds is 3. The lowest BCUT2D eigenvalue weighted by atomic mass is 10.0. The first kappa shape index (κ1) is 14.2. The van der Waals surface area contributed by atoms with Crippen molar-refractivity contribution in [2.45, 2.75) is 25.3 Å². The number of hydrogen-bond donors (Lipinski definition) is 1. The minimum Gasteiger partial charge on any atom is -0.480 e. The first-order valence-electron chi connectivity index (χ1n) is 6.70. The van der Waals surface area contributed by atoms with Crippen LogP contribution in [0.5, 0.6) is 0 Å². The molecular weight excluding hydrogens is 308 g/mol. The Balaban J connectivity index is 1.83. The van der Waals surface area contributed by atoms with Crippen LogP contribution in [0, 0.1) is 0 Å². The van der Waals surface area contributed by atoms with Gasteiger partial charge in [-0.25, -0.2) is 9.78 Å². The number of likely N-dealkylation sites (tertiary alicyclic amines) is 1. The van der Waals surface area contributed by atoms with Crippen LogP contribution in [0.15, 0.2) is 23.7 Å². The zero-order valence-electron chi connectivity index (χ0n) is 11.2. The number of piperidine rings is 1. The van der Waals surface area contributed by atoms with Crippen LogP contribution in [0.4, 0.5) is 0 Å². The van der Waals surface area contributed by atoms with Gasteiger partial charge in [0.25, 0.3) is 5.91 Å². The molecule has 3 rings (SSSR count). The van der Waals surface area contributed by atoms with E-state index >= 15 is 0 Å². The Kier molecular flexibility index (Phi) is 4.03. The summed E-state index contributed by atoms with van der Waals surface area (Å²) in [5, 5.41) is 12.0. The van der Waals surface area contributed by atoms with Gasteiger partial charge in [0.1, 0.15) is 15.9 Å². The molecular formula is C14H14N2O3S2. The first-order valence-corrected chi connectivity index (χ1v) is 8.40. The van der Waals surface area contributed by atoms with Gasteiger partial charge in [-0.3, -0.25) is 4.79 Å². The van der Waals surface area contributed by atoms with E-state index in [1.807, 2.05) is 17.5 Å². The second-order valence-corrected chi connectivity index (χ2v) is 6.83. The van der Waals surface area contributed by atoms with E-state index in [9.17, 15) is 14.7 Å². The van der Waals surface area contributed by atoms with Gasteiger partial charge in [0.05, 0.1) is 11.1 Å². The molecule has 0 radical (unpaired) electrons. The van der Waals surface area contributed by atoms with Gasteiger partial charge >= 0.3 is 5.97 Å². The number of carbonyl (C=O) groups excluding carboxylic acids is 1. The van der Waals surface area contributed by atoms with Gasteiger partial charge in [-0.05, 0) is 30.7 Å². The molecule has 5 nitrogen and oxygen atoms in total. The zero-order valence-corrected chi connectivity index (χ0v) is 12.8. The number of aliphatic carboxylic acids is 1. The molecule has 1 atom stereocenters. The minimum atomic E-state index is -0.925. The largest absolute Gasteiger partial charge is 0.480 e. The van der Waals surface area contributed by atoms with E-state index in [-0.39, 0.29) is 5.91 Å². The molecule has 0 unspecified atom stereocenters. The summed E-state index contributed by atoms with van der Waals surface area (Å²) in [6, 6.07) is 3.19. The highest BCUT2D eigenvalue weighted by atomic mass is 32.1. The number of carboxylic acids is 1. The van der Waals surface area contributed by atoms with Crippen molar-refractivity contribution in [2.24, 2.45) is 0 Å². The Hall–Kier alpha value is -1.73. The predicted octanol–water partition coefficient (Wildman–Crippen LogP) is 2.95. The number of carbonyl (C=O) groups is 2. The fourth-order valence-corrected chi connectivity index (χ4v) is 4.14. The molecule has 110 valence electrons. The molecule has 21 heavy (non-hydrogen) atoms. The average Bonchev–Trinajstić information content (AvgIpc) is 3.17. The van der Waals surface area contributed by atoms with Crippen LogP contribution in [0.1, 0.15) is 28.9 Å². The number of thiazole rings is 1. The highest BCUT2D eigenvalue weighted by Gasteiger charge is 2.33. The van der Waals surface area contributed by atoms with Crippen molar-refractivity contribution >= 4 is 34.6 Å². The molecule has 2 aromatic rings. The lowest BCUT2D eigenvalue weighted by Gasteiger charge is -2.32. The van der Waals surface area contributed by atoms with Crippen molar-refractivity contribution in [3.05, 3.63) is 28.6 Å². The Morgan fingerprint density at radius 3 is 2.95 bits per heavy atom. The summed E-state index contributed by atoms with van der Waals surface area (Å²) < 4.78 is 0. The van der Waals surface area contributed by atoms with Crippen LogP contribution >= 0.6 is 22.7 Å². The highest BCUT2D eigenvalue weighted by Crippen LogP contribution is 2.30. The molecule has 0 saturated carbocycles. The third-order valence-corrected chi connectivity index (χ3v) is 5.52. The Labute approximate surface area is 129 Å². The molecule has 3 heterocycles. The lowest BCUT2D eigenvalue weighted by Crippen LogP contribution is -2.47. The second kappa shape index (κ2) is 5.95. The van der Waals surface area contributed by atoms with Gasteiger partial charge < -0.3 is 10.0 Å². The molecule has 1 amide bonds. The maximum Gasteiger partial charge on any atom is 0.326 e. The molecule has 0 aromatic carbocycles. The van der Waals surface area contributed by atoms with E-state index in [0.29, 0.717) is 17.8 Å². The van der Waals surface area contributed by atoms with Crippen LogP contribution < -0.4 is 0 Å². The summed E-state index contributed by atoms with van der Waals surface area (Å²) in [5.74, 6) is -1.14. The van der Waals surface area contributed by atoms with Crippen molar-refractivity contribution < 1.29 is 14.7 Å². The fraction of sp³-hybridized carbons (Fsp3) is 0.357. The quantitative estimate of drug-likeness (QED) is 0.943. The van der Waals surface area contributed by atoms with Gasteiger partial charge in [-0.2, -0.15) is 0 Å². The Morgan fingerprint density at radius 2 is 2.24 bits per heavy atom. The molecule has 1 saturated heterocycles. The van der Waals surface area contributed by atoms with E-state index in [4.69, 9.17) is 0 Å². The van der Waals surface area contributed by atoms with E-state index in [1.54, 1.807) is 17.5 Å². The highest BCUT2D eigenvalue weighted by molar-refractivity contribution is 7.21. The normalized spacial score (nSPS) is 18.7. The SMILES string of the molecule is O=C(O)[C@@H]1CCCCN1C(=O)c1cnc(-c2cccs2)s1. The monoisotopic (exact) mass is 322 g/mol. The number of carboxylic acid groups (broad SMARTS) is 1. The number of aromatic nitrogens is 1. The Bertz CT molecular complexity index is 651. The summed E-state index contributed by atoms with van der Waals surface area (Å²) in [5.41, 5.74) is 0.